The predicted molar refractivity (Wildman–Crippen MR) is 153 cm³/mol. The molecule has 0 spiro atoms. The van der Waals surface area contributed by atoms with E-state index in [1.165, 1.54) is 23.4 Å². The van der Waals surface area contributed by atoms with Crippen molar-refractivity contribution in [3.8, 4) is 17.2 Å². The third kappa shape index (κ3) is 7.49. The van der Waals surface area contributed by atoms with E-state index in [-0.39, 0.29) is 40.4 Å². The van der Waals surface area contributed by atoms with Crippen LogP contribution in [0.15, 0.2) is 66.0 Å². The molecule has 0 saturated carbocycles. The van der Waals surface area contributed by atoms with Gasteiger partial charge in [-0.1, -0.05) is 23.9 Å². The number of anilines is 2. The van der Waals surface area contributed by atoms with Crippen molar-refractivity contribution in [3.63, 3.8) is 0 Å². The van der Waals surface area contributed by atoms with E-state index in [4.69, 9.17) is 4.74 Å². The number of alkyl halides is 5. The first kappa shape index (κ1) is 31.6. The lowest BCUT2D eigenvalue weighted by Gasteiger charge is -2.20. The quantitative estimate of drug-likeness (QED) is 0.225. The Hall–Kier alpha value is -4.77. The Morgan fingerprint density at radius 3 is 2.62 bits per heavy atom. The number of nitrogens with one attached hydrogen (secondary N) is 1. The highest BCUT2D eigenvalue weighted by Gasteiger charge is 2.33. The summed E-state index contributed by atoms with van der Waals surface area (Å²) in [5, 5.41) is 6.44. The zero-order valence-corrected chi connectivity index (χ0v) is 23.9. The smallest absolute Gasteiger partial charge is 0.371 e. The van der Waals surface area contributed by atoms with Gasteiger partial charge in [0.05, 0.1) is 29.3 Å². The molecule has 2 aromatic carbocycles. The maximum Gasteiger partial charge on any atom is 0.417 e. The van der Waals surface area contributed by atoms with Gasteiger partial charge in [-0.25, -0.2) is 32.6 Å². The molecule has 1 aliphatic rings. The monoisotopic (exact) mass is 649 g/mol. The molecule has 3 heterocycles. The van der Waals surface area contributed by atoms with Gasteiger partial charge in [0.25, 0.3) is 6.43 Å². The van der Waals surface area contributed by atoms with Crippen molar-refractivity contribution >= 4 is 40.2 Å². The topological polar surface area (TPSA) is 115 Å². The second-order valence-corrected chi connectivity index (χ2v) is 10.4. The van der Waals surface area contributed by atoms with Gasteiger partial charge >= 0.3 is 12.2 Å². The number of rotatable bonds is 8. The fourth-order valence-electron chi connectivity index (χ4n) is 4.12. The Bertz CT molecular complexity index is 1760. The lowest BCUT2D eigenvalue weighted by molar-refractivity contribution is -0.137. The number of halogens is 6. The summed E-state index contributed by atoms with van der Waals surface area (Å²) in [6.07, 6.45) is -5.36. The number of amidine groups is 1. The minimum atomic E-state index is -4.55. The number of aromatic nitrogens is 4. The van der Waals surface area contributed by atoms with Crippen LogP contribution < -0.4 is 10.2 Å². The van der Waals surface area contributed by atoms with E-state index in [0.717, 1.165) is 40.2 Å². The third-order valence-electron chi connectivity index (χ3n) is 6.22. The number of urea groups is 1. The lowest BCUT2D eigenvalue weighted by atomic mass is 10.1. The van der Waals surface area contributed by atoms with Gasteiger partial charge in [0, 0.05) is 17.3 Å². The number of amides is 3. The summed E-state index contributed by atoms with van der Waals surface area (Å²) in [5.74, 6) is -1.21. The van der Waals surface area contributed by atoms with Crippen molar-refractivity contribution in [2.24, 2.45) is 4.99 Å². The van der Waals surface area contributed by atoms with Gasteiger partial charge in [-0.05, 0) is 48.9 Å². The van der Waals surface area contributed by atoms with Gasteiger partial charge in [0.2, 0.25) is 5.91 Å². The number of hydrogen-bond acceptors (Lipinski definition) is 7. The molecule has 1 aliphatic heterocycles. The van der Waals surface area contributed by atoms with Crippen LogP contribution in [0.4, 0.5) is 42.5 Å². The van der Waals surface area contributed by atoms with Crippen molar-refractivity contribution in [1.29, 1.82) is 0 Å². The Labute approximate surface area is 255 Å². The number of aliphatic imine (C=N–C) groups is 1. The Morgan fingerprint density at radius 2 is 1.93 bits per heavy atom. The Kier molecular flexibility index (Phi) is 9.19. The van der Waals surface area contributed by atoms with E-state index >= 15 is 0 Å². The van der Waals surface area contributed by atoms with Crippen LogP contribution in [0.5, 0.6) is 0 Å². The van der Waals surface area contributed by atoms with Crippen molar-refractivity contribution in [3.05, 3.63) is 83.6 Å². The molecule has 3 amide bonds. The molecule has 4 aromatic rings. The number of pyridine rings is 1. The number of hydrogen-bond donors (Lipinski definition) is 1. The van der Waals surface area contributed by atoms with Crippen molar-refractivity contribution in [1.82, 2.24) is 19.7 Å². The predicted octanol–water partition coefficient (Wildman–Crippen LogP) is 6.25. The van der Waals surface area contributed by atoms with Gasteiger partial charge in [-0.2, -0.15) is 18.2 Å². The van der Waals surface area contributed by atoms with Crippen molar-refractivity contribution in [2.45, 2.75) is 26.1 Å². The lowest BCUT2D eigenvalue weighted by Crippen LogP contribution is -2.31. The minimum Gasteiger partial charge on any atom is -0.371 e. The molecule has 2 aromatic heterocycles. The first-order chi connectivity index (χ1) is 21.4. The largest absolute Gasteiger partial charge is 0.417 e. The van der Waals surface area contributed by atoms with E-state index < -0.39 is 42.5 Å². The van der Waals surface area contributed by atoms with Crippen LogP contribution in [0.2, 0.25) is 0 Å². The van der Waals surface area contributed by atoms with E-state index in [2.05, 4.69) is 25.4 Å². The molecule has 1 fully saturated rings. The molecule has 0 unspecified atom stereocenters. The first-order valence-electron chi connectivity index (χ1n) is 12.9. The molecule has 17 heteroatoms. The molecule has 234 valence electrons. The molecule has 0 bridgehead atoms. The van der Waals surface area contributed by atoms with Gasteiger partial charge in [-0.3, -0.25) is 9.69 Å². The number of carbonyl (C=O) groups excluding carboxylic acids is 2. The average Bonchev–Trinajstić information content (AvgIpc) is 3.61. The molecule has 0 aliphatic carbocycles. The standard InChI is InChI=1S/C28H21F6N7O3S/c1-15-2-3-17(11-44-12-22(30)31)21(8-15)41-24(42)13-45-27(41)38-26(43)37-20-6-4-16(9-19(20)29)25-36-14-40(39-25)23-7-5-18(10-35-23)28(32,33)34/h2-10,14,22H,11-13H2,1H3,(H,37,43). The van der Waals surface area contributed by atoms with E-state index in [1.54, 1.807) is 25.1 Å². The fraction of sp³-hybridized carbons (Fsp3) is 0.214. The second kappa shape index (κ2) is 13.1. The summed E-state index contributed by atoms with van der Waals surface area (Å²) < 4.78 is 84.7. The van der Waals surface area contributed by atoms with Crippen LogP contribution in [-0.2, 0) is 22.3 Å². The molecular formula is C28H21F6N7O3S. The number of aryl methyl sites for hydroxylation is 1. The highest BCUT2D eigenvalue weighted by molar-refractivity contribution is 8.15. The van der Waals surface area contributed by atoms with Gasteiger partial charge in [-0.15, -0.1) is 5.10 Å². The summed E-state index contributed by atoms with van der Waals surface area (Å²) in [4.78, 5) is 38.4. The molecule has 0 radical (unpaired) electrons. The molecule has 10 nitrogen and oxygen atoms in total. The van der Waals surface area contributed by atoms with Crippen LogP contribution in [0.3, 0.4) is 0 Å². The van der Waals surface area contributed by atoms with Crippen molar-refractivity contribution in [2.75, 3.05) is 22.6 Å². The van der Waals surface area contributed by atoms with Crippen LogP contribution >= 0.6 is 11.8 Å². The number of benzene rings is 2. The van der Waals surface area contributed by atoms with Crippen molar-refractivity contribution < 1.29 is 40.7 Å². The summed E-state index contributed by atoms with van der Waals surface area (Å²) in [5.41, 5.74) is 0.533. The van der Waals surface area contributed by atoms with Crippen LogP contribution in [0.1, 0.15) is 16.7 Å². The Balaban J connectivity index is 1.30. The van der Waals surface area contributed by atoms with E-state index in [9.17, 15) is 35.9 Å². The normalized spacial score (nSPS) is 14.5. The maximum atomic E-state index is 15.0. The maximum absolute atomic E-state index is 15.0. The highest BCUT2D eigenvalue weighted by Crippen LogP contribution is 2.32. The number of carbonyl (C=O) groups is 2. The zero-order valence-electron chi connectivity index (χ0n) is 23.1. The van der Waals surface area contributed by atoms with Crippen LogP contribution in [0.25, 0.3) is 17.2 Å². The number of thioether (sulfide) groups is 1. The zero-order chi connectivity index (χ0) is 32.3. The molecular weight excluding hydrogens is 628 g/mol. The summed E-state index contributed by atoms with van der Waals surface area (Å²) in [7, 11) is 0. The highest BCUT2D eigenvalue weighted by atomic mass is 32.2. The first-order valence-corrected chi connectivity index (χ1v) is 13.9. The summed E-state index contributed by atoms with van der Waals surface area (Å²) in [6.45, 7) is 0.764. The third-order valence-corrected chi connectivity index (χ3v) is 7.14. The summed E-state index contributed by atoms with van der Waals surface area (Å²) >= 11 is 0.973. The van der Waals surface area contributed by atoms with E-state index in [1.807, 2.05) is 0 Å². The molecule has 45 heavy (non-hydrogen) atoms. The van der Waals surface area contributed by atoms with Crippen LogP contribution in [-0.4, -0.2) is 55.6 Å². The number of nitrogens with zero attached hydrogens (tertiary/aromatic N) is 6. The average molecular weight is 650 g/mol. The van der Waals surface area contributed by atoms with Crippen LogP contribution in [0, 0.1) is 12.7 Å². The second-order valence-electron chi connectivity index (χ2n) is 9.49. The molecule has 5 rings (SSSR count). The van der Waals surface area contributed by atoms with Gasteiger partial charge in [0.1, 0.15) is 18.8 Å². The minimum absolute atomic E-state index is 0.00172. The number of ether oxygens (including phenoxy) is 1. The van der Waals surface area contributed by atoms with E-state index in [0.29, 0.717) is 17.4 Å². The Morgan fingerprint density at radius 1 is 1.13 bits per heavy atom. The van der Waals surface area contributed by atoms with Gasteiger partial charge < -0.3 is 10.1 Å². The SMILES string of the molecule is Cc1ccc(COCC(F)F)c(N2C(=O)CSC2=NC(=O)Nc2ccc(-c3ncn(-c4ccc(C(F)(F)F)cn4)n3)cc2F)c1. The fourth-order valence-corrected chi connectivity index (χ4v) is 4.98. The van der Waals surface area contributed by atoms with Gasteiger partial charge in [0.15, 0.2) is 16.8 Å². The summed E-state index contributed by atoms with van der Waals surface area (Å²) in [6, 6.07) is 9.64. The molecule has 1 N–H and O–H groups in total. The molecule has 1 saturated heterocycles. The molecule has 0 atom stereocenters.